The molecule has 24 heavy (non-hydrogen) atoms. The highest BCUT2D eigenvalue weighted by atomic mass is 32.2. The molecule has 0 amide bonds. The second-order valence-electron chi connectivity index (χ2n) is 4.85. The van der Waals surface area contributed by atoms with Gasteiger partial charge in [0.05, 0.1) is 23.1 Å². The zero-order valence-electron chi connectivity index (χ0n) is 12.7. The molecule has 0 saturated heterocycles. The lowest BCUT2D eigenvalue weighted by atomic mass is 10.2. The molecule has 3 heterocycles. The molecule has 1 aromatic carbocycles. The molecule has 120 valence electrons. The Labute approximate surface area is 145 Å². The number of thioether (sulfide) groups is 1. The monoisotopic (exact) mass is 356 g/mol. The zero-order chi connectivity index (χ0) is 16.4. The van der Waals surface area contributed by atoms with Crippen LogP contribution in [-0.4, -0.2) is 27.2 Å². The van der Waals surface area contributed by atoms with E-state index in [-0.39, 0.29) is 0 Å². The highest BCUT2D eigenvalue weighted by Gasteiger charge is 2.11. The van der Waals surface area contributed by atoms with Gasteiger partial charge in [-0.05, 0) is 35.7 Å². The summed E-state index contributed by atoms with van der Waals surface area (Å²) in [7, 11) is 1.63. The van der Waals surface area contributed by atoms with Crippen LogP contribution in [0.4, 0.5) is 0 Å². The van der Waals surface area contributed by atoms with E-state index in [1.165, 1.54) is 0 Å². The van der Waals surface area contributed by atoms with Crippen molar-refractivity contribution in [1.82, 2.24) is 20.1 Å². The maximum absolute atomic E-state index is 5.34. The molecular weight excluding hydrogens is 344 g/mol. The molecule has 0 saturated carbocycles. The lowest BCUT2D eigenvalue weighted by Gasteiger charge is -1.99. The molecule has 0 radical (unpaired) electrons. The van der Waals surface area contributed by atoms with E-state index in [0.29, 0.717) is 17.5 Å². The van der Waals surface area contributed by atoms with Crippen molar-refractivity contribution in [2.75, 3.05) is 7.11 Å². The third-order valence-corrected chi connectivity index (χ3v) is 5.38. The number of rotatable bonds is 5. The van der Waals surface area contributed by atoms with Gasteiger partial charge < -0.3 is 9.26 Å². The van der Waals surface area contributed by atoms with Gasteiger partial charge in [-0.1, -0.05) is 16.9 Å². The van der Waals surface area contributed by atoms with Crippen molar-refractivity contribution >= 4 is 33.3 Å². The SMILES string of the molecule is COc1ccc(-c2nc(CSc3ncnc4ccsc34)no2)cc1. The van der Waals surface area contributed by atoms with Gasteiger partial charge in [-0.3, -0.25) is 0 Å². The van der Waals surface area contributed by atoms with Gasteiger partial charge in [0, 0.05) is 5.56 Å². The van der Waals surface area contributed by atoms with Crippen molar-refractivity contribution in [3.8, 4) is 17.2 Å². The highest BCUT2D eigenvalue weighted by Crippen LogP contribution is 2.30. The van der Waals surface area contributed by atoms with Crippen LogP contribution in [0.3, 0.4) is 0 Å². The summed E-state index contributed by atoms with van der Waals surface area (Å²) >= 11 is 3.21. The van der Waals surface area contributed by atoms with Gasteiger partial charge in [0.2, 0.25) is 0 Å². The molecule has 3 aromatic heterocycles. The average molecular weight is 356 g/mol. The lowest BCUT2D eigenvalue weighted by molar-refractivity contribution is 0.414. The normalized spacial score (nSPS) is 11.0. The Balaban J connectivity index is 1.50. The van der Waals surface area contributed by atoms with E-state index < -0.39 is 0 Å². The zero-order valence-corrected chi connectivity index (χ0v) is 14.3. The van der Waals surface area contributed by atoms with Gasteiger partial charge in [0.1, 0.15) is 17.1 Å². The summed E-state index contributed by atoms with van der Waals surface area (Å²) in [6, 6.07) is 9.50. The highest BCUT2D eigenvalue weighted by molar-refractivity contribution is 7.98. The van der Waals surface area contributed by atoms with Crippen molar-refractivity contribution in [3.63, 3.8) is 0 Å². The number of fused-ring (bicyclic) bond motifs is 1. The van der Waals surface area contributed by atoms with Crippen LogP contribution < -0.4 is 4.74 Å². The molecule has 0 N–H and O–H groups in total. The molecule has 0 aliphatic heterocycles. The Morgan fingerprint density at radius 1 is 1.17 bits per heavy atom. The maximum Gasteiger partial charge on any atom is 0.257 e. The van der Waals surface area contributed by atoms with E-state index in [0.717, 1.165) is 26.6 Å². The topological polar surface area (TPSA) is 73.9 Å². The van der Waals surface area contributed by atoms with E-state index in [9.17, 15) is 0 Å². The predicted molar refractivity (Wildman–Crippen MR) is 93.3 cm³/mol. The fourth-order valence-corrected chi connectivity index (χ4v) is 3.96. The number of hydrogen-bond donors (Lipinski definition) is 0. The number of aromatic nitrogens is 4. The first kappa shape index (κ1) is 15.1. The van der Waals surface area contributed by atoms with E-state index in [1.807, 2.05) is 35.7 Å². The first-order valence-electron chi connectivity index (χ1n) is 7.11. The van der Waals surface area contributed by atoms with Crippen molar-refractivity contribution in [3.05, 3.63) is 47.9 Å². The van der Waals surface area contributed by atoms with Crippen LogP contribution in [0.1, 0.15) is 5.82 Å². The average Bonchev–Trinajstić information content (AvgIpc) is 3.29. The summed E-state index contributed by atoms with van der Waals surface area (Å²) in [5.74, 6) is 2.51. The van der Waals surface area contributed by atoms with E-state index in [2.05, 4.69) is 20.1 Å². The van der Waals surface area contributed by atoms with Crippen LogP contribution in [0.25, 0.3) is 21.7 Å². The molecular formula is C16H12N4O2S2. The second kappa shape index (κ2) is 6.58. The first-order valence-corrected chi connectivity index (χ1v) is 8.98. The van der Waals surface area contributed by atoms with E-state index in [1.54, 1.807) is 36.5 Å². The molecule has 0 spiro atoms. The third-order valence-electron chi connectivity index (χ3n) is 3.35. The summed E-state index contributed by atoms with van der Waals surface area (Å²) < 4.78 is 11.6. The van der Waals surface area contributed by atoms with Gasteiger partial charge in [-0.2, -0.15) is 4.98 Å². The third kappa shape index (κ3) is 2.98. The van der Waals surface area contributed by atoms with Crippen LogP contribution >= 0.6 is 23.1 Å². The van der Waals surface area contributed by atoms with Gasteiger partial charge in [-0.25, -0.2) is 9.97 Å². The smallest absolute Gasteiger partial charge is 0.257 e. The summed E-state index contributed by atoms with van der Waals surface area (Å²) in [5.41, 5.74) is 1.83. The Bertz CT molecular complexity index is 966. The Hall–Kier alpha value is -2.45. The molecule has 0 fully saturated rings. The minimum absolute atomic E-state index is 0.497. The van der Waals surface area contributed by atoms with Gasteiger partial charge in [-0.15, -0.1) is 11.3 Å². The maximum atomic E-state index is 5.34. The quantitative estimate of drug-likeness (QED) is 0.394. The Morgan fingerprint density at radius 3 is 2.88 bits per heavy atom. The lowest BCUT2D eigenvalue weighted by Crippen LogP contribution is -1.87. The number of hydrogen-bond acceptors (Lipinski definition) is 8. The standard InChI is InChI=1S/C16H12N4O2S2/c1-21-11-4-2-10(3-5-11)15-19-13(20-22-15)8-24-16-14-12(6-7-23-14)17-9-18-16/h2-7,9H,8H2,1H3. The van der Waals surface area contributed by atoms with Crippen molar-refractivity contribution in [1.29, 1.82) is 0 Å². The summed E-state index contributed by atoms with van der Waals surface area (Å²) in [4.78, 5) is 13.0. The molecule has 0 unspecified atom stereocenters. The Morgan fingerprint density at radius 2 is 2.04 bits per heavy atom. The summed E-state index contributed by atoms with van der Waals surface area (Å²) in [5, 5.41) is 6.99. The molecule has 4 rings (SSSR count). The van der Waals surface area contributed by atoms with Crippen LogP contribution in [0.2, 0.25) is 0 Å². The number of nitrogens with zero attached hydrogens (tertiary/aromatic N) is 4. The largest absolute Gasteiger partial charge is 0.497 e. The van der Waals surface area contributed by atoms with Crippen molar-refractivity contribution in [2.45, 2.75) is 10.8 Å². The fourth-order valence-electron chi connectivity index (χ4n) is 2.17. The van der Waals surface area contributed by atoms with Gasteiger partial charge in [0.25, 0.3) is 5.89 Å². The number of methoxy groups -OCH3 is 1. The van der Waals surface area contributed by atoms with Crippen molar-refractivity contribution in [2.24, 2.45) is 0 Å². The molecule has 0 atom stereocenters. The first-order chi connectivity index (χ1) is 11.8. The minimum Gasteiger partial charge on any atom is -0.497 e. The number of ether oxygens (including phenoxy) is 1. The van der Waals surface area contributed by atoms with Gasteiger partial charge >= 0.3 is 0 Å². The van der Waals surface area contributed by atoms with Crippen LogP contribution in [0, 0.1) is 0 Å². The Kier molecular flexibility index (Phi) is 4.14. The van der Waals surface area contributed by atoms with Crippen LogP contribution in [-0.2, 0) is 5.75 Å². The molecule has 0 aliphatic rings. The number of thiophene rings is 1. The van der Waals surface area contributed by atoms with E-state index >= 15 is 0 Å². The van der Waals surface area contributed by atoms with Crippen LogP contribution in [0.15, 0.2) is 51.6 Å². The minimum atomic E-state index is 0.497. The van der Waals surface area contributed by atoms with Gasteiger partial charge in [0.15, 0.2) is 5.82 Å². The predicted octanol–water partition coefficient (Wildman–Crippen LogP) is 4.04. The summed E-state index contributed by atoms with van der Waals surface area (Å²) in [6.45, 7) is 0. The molecule has 0 aliphatic carbocycles. The van der Waals surface area contributed by atoms with E-state index in [4.69, 9.17) is 9.26 Å². The fraction of sp³-hybridized carbons (Fsp3) is 0.125. The second-order valence-corrected chi connectivity index (χ2v) is 6.73. The molecule has 8 heteroatoms. The molecule has 6 nitrogen and oxygen atoms in total. The van der Waals surface area contributed by atoms with Crippen molar-refractivity contribution < 1.29 is 9.26 Å². The van der Waals surface area contributed by atoms with Crippen LogP contribution in [0.5, 0.6) is 5.75 Å². The number of benzene rings is 1. The summed E-state index contributed by atoms with van der Waals surface area (Å²) in [6.07, 6.45) is 1.58. The molecule has 0 bridgehead atoms. The molecule has 4 aromatic rings.